The molecule has 0 fully saturated rings. The quantitative estimate of drug-likeness (QED) is 0.601. The van der Waals surface area contributed by atoms with Crippen molar-refractivity contribution in [3.63, 3.8) is 0 Å². The van der Waals surface area contributed by atoms with E-state index in [4.69, 9.17) is 10.1 Å². The second kappa shape index (κ2) is 4.01. The lowest BCUT2D eigenvalue weighted by atomic mass is 10.5. The molecule has 0 aromatic carbocycles. The smallest absolute Gasteiger partial charge is 0.228 e. The maximum absolute atomic E-state index is 11.2. The highest BCUT2D eigenvalue weighted by molar-refractivity contribution is 7.90. The Hall–Kier alpha value is -1.02. The van der Waals surface area contributed by atoms with Crippen LogP contribution in [0.5, 0.6) is 0 Å². The Labute approximate surface area is 85.5 Å². The molecule has 0 spiro atoms. The molecule has 0 bridgehead atoms. The van der Waals surface area contributed by atoms with Gasteiger partial charge in [0.1, 0.15) is 4.88 Å². The molecule has 1 rings (SSSR count). The highest BCUT2D eigenvalue weighted by Crippen LogP contribution is 2.16. The molecule has 0 unspecified atom stereocenters. The fourth-order valence-corrected chi connectivity index (χ4v) is 2.47. The van der Waals surface area contributed by atoms with E-state index in [0.717, 1.165) is 17.8 Å². The SMILES string of the molecule is CCOC(=N)c1snnc1S(C)(=O)=O. The maximum Gasteiger partial charge on any atom is 0.228 e. The van der Waals surface area contributed by atoms with Crippen LogP contribution >= 0.6 is 11.5 Å². The van der Waals surface area contributed by atoms with Crippen LogP contribution in [-0.2, 0) is 14.6 Å². The summed E-state index contributed by atoms with van der Waals surface area (Å²) in [6.07, 6.45) is 1.02. The van der Waals surface area contributed by atoms with Crippen LogP contribution in [0.15, 0.2) is 5.03 Å². The van der Waals surface area contributed by atoms with E-state index in [0.29, 0.717) is 6.61 Å². The predicted octanol–water partition coefficient (Wildman–Crippen LogP) is 0.303. The van der Waals surface area contributed by atoms with Crippen molar-refractivity contribution in [2.45, 2.75) is 11.9 Å². The Morgan fingerprint density at radius 2 is 2.29 bits per heavy atom. The molecule has 78 valence electrons. The summed E-state index contributed by atoms with van der Waals surface area (Å²) in [6, 6.07) is 0. The van der Waals surface area contributed by atoms with Crippen LogP contribution in [0.3, 0.4) is 0 Å². The van der Waals surface area contributed by atoms with Gasteiger partial charge in [-0.2, -0.15) is 0 Å². The van der Waals surface area contributed by atoms with E-state index in [1.807, 2.05) is 0 Å². The van der Waals surface area contributed by atoms with Gasteiger partial charge in [-0.15, -0.1) is 5.10 Å². The zero-order valence-corrected chi connectivity index (χ0v) is 9.28. The van der Waals surface area contributed by atoms with Gasteiger partial charge in [0.25, 0.3) is 0 Å². The fraction of sp³-hybridized carbons (Fsp3) is 0.500. The van der Waals surface area contributed by atoms with Crippen molar-refractivity contribution in [3.8, 4) is 0 Å². The number of nitrogens with zero attached hydrogens (tertiary/aromatic N) is 2. The van der Waals surface area contributed by atoms with Crippen molar-refractivity contribution >= 4 is 27.3 Å². The van der Waals surface area contributed by atoms with Gasteiger partial charge < -0.3 is 4.74 Å². The molecular formula is C6H9N3O3S2. The monoisotopic (exact) mass is 235 g/mol. The number of rotatable bonds is 3. The second-order valence-corrected chi connectivity index (χ2v) is 5.13. The summed E-state index contributed by atoms with van der Waals surface area (Å²) in [7, 11) is -3.44. The molecule has 1 heterocycles. The molecule has 0 saturated heterocycles. The van der Waals surface area contributed by atoms with Crippen molar-refractivity contribution in [3.05, 3.63) is 4.88 Å². The van der Waals surface area contributed by atoms with Crippen molar-refractivity contribution in [1.29, 1.82) is 5.41 Å². The first kappa shape index (κ1) is 11.1. The molecule has 0 saturated carbocycles. The van der Waals surface area contributed by atoms with Crippen LogP contribution in [0, 0.1) is 5.41 Å². The maximum atomic E-state index is 11.2. The zero-order valence-electron chi connectivity index (χ0n) is 7.64. The van der Waals surface area contributed by atoms with Gasteiger partial charge in [0.2, 0.25) is 10.9 Å². The van der Waals surface area contributed by atoms with E-state index in [-0.39, 0.29) is 15.8 Å². The number of aromatic nitrogens is 2. The van der Waals surface area contributed by atoms with Gasteiger partial charge in [0.05, 0.1) is 6.61 Å². The Morgan fingerprint density at radius 1 is 1.64 bits per heavy atom. The van der Waals surface area contributed by atoms with Crippen molar-refractivity contribution in [1.82, 2.24) is 9.59 Å². The molecule has 0 radical (unpaired) electrons. The third-order valence-corrected chi connectivity index (χ3v) is 3.15. The van der Waals surface area contributed by atoms with Gasteiger partial charge in [-0.3, -0.25) is 5.41 Å². The molecular weight excluding hydrogens is 226 g/mol. The van der Waals surface area contributed by atoms with Gasteiger partial charge in [0.15, 0.2) is 9.84 Å². The highest BCUT2D eigenvalue weighted by atomic mass is 32.2. The minimum Gasteiger partial charge on any atom is -0.477 e. The molecule has 1 aromatic rings. The summed E-state index contributed by atoms with van der Waals surface area (Å²) >= 11 is 0.835. The van der Waals surface area contributed by atoms with E-state index < -0.39 is 9.84 Å². The van der Waals surface area contributed by atoms with Crippen LogP contribution in [-0.4, -0.2) is 36.8 Å². The minimum atomic E-state index is -3.44. The lowest BCUT2D eigenvalue weighted by Gasteiger charge is -2.01. The molecule has 8 heteroatoms. The summed E-state index contributed by atoms with van der Waals surface area (Å²) in [5, 5.41) is 10.7. The fourth-order valence-electron chi connectivity index (χ4n) is 0.774. The zero-order chi connectivity index (χ0) is 10.8. The molecule has 0 aliphatic rings. The number of hydrogen-bond acceptors (Lipinski definition) is 7. The van der Waals surface area contributed by atoms with Gasteiger partial charge in [-0.25, -0.2) is 8.42 Å². The molecule has 14 heavy (non-hydrogen) atoms. The van der Waals surface area contributed by atoms with Crippen LogP contribution in [0.4, 0.5) is 0 Å². The Morgan fingerprint density at radius 3 is 2.79 bits per heavy atom. The topological polar surface area (TPSA) is 93.0 Å². The standard InChI is InChI=1S/C6H9N3O3S2/c1-3-12-5(7)4-6(8-9-13-4)14(2,10)11/h7H,3H2,1-2H3. The summed E-state index contributed by atoms with van der Waals surface area (Å²) in [5.41, 5.74) is 0. The van der Waals surface area contributed by atoms with E-state index in [9.17, 15) is 8.42 Å². The first-order chi connectivity index (χ1) is 6.46. The first-order valence-corrected chi connectivity index (χ1v) is 6.37. The van der Waals surface area contributed by atoms with Gasteiger partial charge in [-0.1, -0.05) is 4.49 Å². The predicted molar refractivity (Wildman–Crippen MR) is 51.5 cm³/mol. The van der Waals surface area contributed by atoms with Crippen molar-refractivity contribution in [2.24, 2.45) is 0 Å². The van der Waals surface area contributed by atoms with Crippen LogP contribution in [0.25, 0.3) is 0 Å². The van der Waals surface area contributed by atoms with E-state index >= 15 is 0 Å². The average Bonchev–Trinajstić information content (AvgIpc) is 2.50. The lowest BCUT2D eigenvalue weighted by molar-refractivity contribution is 0.325. The Bertz CT molecular complexity index is 437. The molecule has 0 amide bonds. The third kappa shape index (κ3) is 2.26. The molecule has 0 aliphatic heterocycles. The lowest BCUT2D eigenvalue weighted by Crippen LogP contribution is -2.09. The molecule has 1 N–H and O–H groups in total. The van der Waals surface area contributed by atoms with Crippen molar-refractivity contribution in [2.75, 3.05) is 12.9 Å². The number of hydrogen-bond donors (Lipinski definition) is 1. The number of ether oxygens (including phenoxy) is 1. The largest absolute Gasteiger partial charge is 0.477 e. The Balaban J connectivity index is 3.12. The van der Waals surface area contributed by atoms with E-state index in [1.54, 1.807) is 6.92 Å². The summed E-state index contributed by atoms with van der Waals surface area (Å²) in [4.78, 5) is 0.148. The molecule has 6 nitrogen and oxygen atoms in total. The second-order valence-electron chi connectivity index (χ2n) is 2.44. The minimum absolute atomic E-state index is 0.148. The number of sulfone groups is 1. The first-order valence-electron chi connectivity index (χ1n) is 3.71. The summed E-state index contributed by atoms with van der Waals surface area (Å²) in [5.74, 6) is -0.206. The normalized spacial score (nSPS) is 11.3. The van der Waals surface area contributed by atoms with Gasteiger partial charge >= 0.3 is 0 Å². The van der Waals surface area contributed by atoms with Gasteiger partial charge in [-0.05, 0) is 18.5 Å². The molecule has 0 atom stereocenters. The molecule has 1 aromatic heterocycles. The highest BCUT2D eigenvalue weighted by Gasteiger charge is 2.22. The van der Waals surface area contributed by atoms with E-state index in [2.05, 4.69) is 9.59 Å². The van der Waals surface area contributed by atoms with E-state index in [1.165, 1.54) is 0 Å². The van der Waals surface area contributed by atoms with Gasteiger partial charge in [0, 0.05) is 6.26 Å². The summed E-state index contributed by atoms with van der Waals surface area (Å²) in [6.45, 7) is 2.02. The van der Waals surface area contributed by atoms with Crippen LogP contribution in [0.2, 0.25) is 0 Å². The van der Waals surface area contributed by atoms with Crippen LogP contribution < -0.4 is 0 Å². The third-order valence-electron chi connectivity index (χ3n) is 1.30. The van der Waals surface area contributed by atoms with Crippen molar-refractivity contribution < 1.29 is 13.2 Å². The molecule has 0 aliphatic carbocycles. The Kier molecular flexibility index (Phi) is 3.17. The van der Waals surface area contributed by atoms with Crippen LogP contribution in [0.1, 0.15) is 11.8 Å². The summed E-state index contributed by atoms with van der Waals surface area (Å²) < 4.78 is 30.7. The number of nitrogens with one attached hydrogen (secondary N) is 1. The average molecular weight is 235 g/mol.